The third kappa shape index (κ3) is 3.50. The zero-order valence-electron chi connectivity index (χ0n) is 15.9. The Hall–Kier alpha value is -3.15. The molecule has 0 unspecified atom stereocenters. The zero-order chi connectivity index (χ0) is 22.4. The Morgan fingerprint density at radius 2 is 1.58 bits per heavy atom. The number of benzene rings is 2. The van der Waals surface area contributed by atoms with E-state index < -0.39 is 59.6 Å². The number of ether oxygens (including phenoxy) is 1. The lowest BCUT2D eigenvalue weighted by Crippen LogP contribution is -2.55. The third-order valence-electron chi connectivity index (χ3n) is 5.34. The SMILES string of the molecule is O=c1cc(-c2ccc(O)cc2)oc2cc(O)c([C@H]3O[C@H](CO)[C@@H](O)[C@H](O)[C@H]3O)c(O)c12. The van der Waals surface area contributed by atoms with Crippen LogP contribution in [0.15, 0.2) is 45.6 Å². The molecule has 31 heavy (non-hydrogen) atoms. The van der Waals surface area contributed by atoms with Gasteiger partial charge in [-0.05, 0) is 24.3 Å². The third-order valence-corrected chi connectivity index (χ3v) is 5.34. The number of aliphatic hydroxyl groups is 4. The molecule has 0 aliphatic carbocycles. The second-order valence-corrected chi connectivity index (χ2v) is 7.30. The summed E-state index contributed by atoms with van der Waals surface area (Å²) in [6.45, 7) is -0.700. The topological polar surface area (TPSA) is 181 Å². The summed E-state index contributed by atoms with van der Waals surface area (Å²) in [7, 11) is 0. The number of phenolic OH excluding ortho intramolecular Hbond substituents is 3. The van der Waals surface area contributed by atoms with Crippen molar-refractivity contribution in [1.82, 2.24) is 0 Å². The van der Waals surface area contributed by atoms with Crippen molar-refractivity contribution in [3.8, 4) is 28.6 Å². The first-order chi connectivity index (χ1) is 14.7. The standard InChI is InChI=1S/C21H20O10/c22-7-14-17(26)19(28)20(29)21(31-14)16-11(25)6-13-15(18(16)27)10(24)5-12(30-13)8-1-3-9(23)4-2-8/h1-6,14,17,19-23,25-29H,7H2/t14-,17-,19+,20-,21-/m1/s1. The van der Waals surface area contributed by atoms with Crippen LogP contribution in [0.1, 0.15) is 11.7 Å². The summed E-state index contributed by atoms with van der Waals surface area (Å²) >= 11 is 0. The molecule has 10 nitrogen and oxygen atoms in total. The van der Waals surface area contributed by atoms with Gasteiger partial charge in [-0.2, -0.15) is 0 Å². The molecule has 2 heterocycles. The Labute approximate surface area is 174 Å². The van der Waals surface area contributed by atoms with Crippen molar-refractivity contribution in [2.75, 3.05) is 6.61 Å². The van der Waals surface area contributed by atoms with Crippen LogP contribution in [0.2, 0.25) is 0 Å². The van der Waals surface area contributed by atoms with E-state index in [2.05, 4.69) is 0 Å². The summed E-state index contributed by atoms with van der Waals surface area (Å²) < 4.78 is 11.0. The van der Waals surface area contributed by atoms with Gasteiger partial charge in [0.2, 0.25) is 0 Å². The van der Waals surface area contributed by atoms with E-state index in [1.165, 1.54) is 24.3 Å². The molecule has 10 heteroatoms. The molecule has 1 aliphatic rings. The number of hydrogen-bond donors (Lipinski definition) is 7. The highest BCUT2D eigenvalue weighted by atomic mass is 16.5. The largest absolute Gasteiger partial charge is 0.508 e. The Morgan fingerprint density at radius 1 is 0.903 bits per heavy atom. The van der Waals surface area contributed by atoms with Crippen molar-refractivity contribution in [2.24, 2.45) is 0 Å². The van der Waals surface area contributed by atoms with Crippen LogP contribution in [-0.2, 0) is 4.74 Å². The van der Waals surface area contributed by atoms with E-state index in [0.717, 1.165) is 12.1 Å². The predicted molar refractivity (Wildman–Crippen MR) is 106 cm³/mol. The molecule has 1 aromatic heterocycles. The normalized spacial score (nSPS) is 26.3. The molecular weight excluding hydrogens is 412 g/mol. The molecule has 1 aliphatic heterocycles. The highest BCUT2D eigenvalue weighted by Crippen LogP contribution is 2.44. The number of aromatic hydroxyl groups is 3. The molecule has 5 atom stereocenters. The molecule has 2 aromatic carbocycles. The highest BCUT2D eigenvalue weighted by Gasteiger charge is 2.46. The van der Waals surface area contributed by atoms with Gasteiger partial charge in [-0.25, -0.2) is 0 Å². The summed E-state index contributed by atoms with van der Waals surface area (Å²) in [5.41, 5.74) is -0.741. The van der Waals surface area contributed by atoms with Gasteiger partial charge in [-0.1, -0.05) is 0 Å². The number of phenols is 3. The van der Waals surface area contributed by atoms with Gasteiger partial charge in [0.1, 0.15) is 64.5 Å². The fourth-order valence-electron chi connectivity index (χ4n) is 3.69. The number of hydrogen-bond acceptors (Lipinski definition) is 10. The van der Waals surface area contributed by atoms with Crippen LogP contribution in [0.4, 0.5) is 0 Å². The van der Waals surface area contributed by atoms with Crippen LogP contribution in [0, 0.1) is 0 Å². The van der Waals surface area contributed by atoms with Crippen molar-refractivity contribution in [1.29, 1.82) is 0 Å². The zero-order valence-corrected chi connectivity index (χ0v) is 15.9. The maximum atomic E-state index is 12.7. The average molecular weight is 432 g/mol. The summed E-state index contributed by atoms with van der Waals surface area (Å²) in [6, 6.07) is 8.00. The summed E-state index contributed by atoms with van der Waals surface area (Å²) in [5, 5.41) is 70.0. The quantitative estimate of drug-likeness (QED) is 0.300. The number of rotatable bonds is 3. The first-order valence-electron chi connectivity index (χ1n) is 9.35. The van der Waals surface area contributed by atoms with Crippen LogP contribution in [-0.4, -0.2) is 66.8 Å². The lowest BCUT2D eigenvalue weighted by atomic mass is 9.89. The van der Waals surface area contributed by atoms with Gasteiger partial charge >= 0.3 is 0 Å². The second kappa shape index (κ2) is 7.84. The molecule has 0 amide bonds. The Morgan fingerprint density at radius 3 is 2.23 bits per heavy atom. The van der Waals surface area contributed by atoms with Gasteiger partial charge in [-0.3, -0.25) is 4.79 Å². The minimum absolute atomic E-state index is 0.0198. The smallest absolute Gasteiger partial charge is 0.197 e. The average Bonchev–Trinajstić information content (AvgIpc) is 2.73. The predicted octanol–water partition coefficient (Wildman–Crippen LogP) is 0.0917. The van der Waals surface area contributed by atoms with Crippen molar-refractivity contribution < 1.29 is 44.9 Å². The van der Waals surface area contributed by atoms with Crippen molar-refractivity contribution >= 4 is 11.0 Å². The lowest BCUT2D eigenvalue weighted by Gasteiger charge is -2.40. The Balaban J connectivity index is 1.85. The fourth-order valence-corrected chi connectivity index (χ4v) is 3.69. The van der Waals surface area contributed by atoms with E-state index in [9.17, 15) is 40.5 Å². The molecular formula is C21H20O10. The van der Waals surface area contributed by atoms with Gasteiger partial charge in [0.05, 0.1) is 12.2 Å². The summed E-state index contributed by atoms with van der Waals surface area (Å²) in [4.78, 5) is 12.7. The van der Waals surface area contributed by atoms with Crippen molar-refractivity contribution in [3.63, 3.8) is 0 Å². The first kappa shape index (κ1) is 21.1. The second-order valence-electron chi connectivity index (χ2n) is 7.30. The van der Waals surface area contributed by atoms with Crippen molar-refractivity contribution in [2.45, 2.75) is 30.5 Å². The maximum Gasteiger partial charge on any atom is 0.197 e. The van der Waals surface area contributed by atoms with E-state index in [0.29, 0.717) is 5.56 Å². The monoisotopic (exact) mass is 432 g/mol. The molecule has 0 bridgehead atoms. The van der Waals surface area contributed by atoms with Gasteiger partial charge < -0.3 is 44.9 Å². The van der Waals surface area contributed by atoms with Crippen LogP contribution >= 0.6 is 0 Å². The molecule has 0 spiro atoms. The number of fused-ring (bicyclic) bond motifs is 1. The molecule has 0 radical (unpaired) electrons. The van der Waals surface area contributed by atoms with Crippen LogP contribution in [0.3, 0.4) is 0 Å². The number of aliphatic hydroxyl groups excluding tert-OH is 4. The van der Waals surface area contributed by atoms with E-state index in [1.54, 1.807) is 0 Å². The molecule has 1 fully saturated rings. The Kier molecular flexibility index (Phi) is 5.33. The highest BCUT2D eigenvalue weighted by molar-refractivity contribution is 5.88. The van der Waals surface area contributed by atoms with Crippen LogP contribution in [0.25, 0.3) is 22.3 Å². The molecule has 1 saturated heterocycles. The van der Waals surface area contributed by atoms with Gasteiger partial charge in [0.25, 0.3) is 0 Å². The van der Waals surface area contributed by atoms with E-state index >= 15 is 0 Å². The molecule has 7 N–H and O–H groups in total. The van der Waals surface area contributed by atoms with Crippen LogP contribution < -0.4 is 5.43 Å². The van der Waals surface area contributed by atoms with Crippen molar-refractivity contribution in [3.05, 3.63) is 52.2 Å². The fraction of sp³-hybridized carbons (Fsp3) is 0.286. The minimum atomic E-state index is -1.77. The Bertz CT molecular complexity index is 1170. The van der Waals surface area contributed by atoms with Gasteiger partial charge in [-0.15, -0.1) is 0 Å². The minimum Gasteiger partial charge on any atom is -0.508 e. The summed E-state index contributed by atoms with van der Waals surface area (Å²) in [5.74, 6) is -1.19. The van der Waals surface area contributed by atoms with E-state index in [1.807, 2.05) is 0 Å². The first-order valence-corrected chi connectivity index (χ1v) is 9.35. The summed E-state index contributed by atoms with van der Waals surface area (Å²) in [6.07, 6.45) is -7.95. The molecule has 3 aromatic rings. The van der Waals surface area contributed by atoms with E-state index in [4.69, 9.17) is 9.15 Å². The van der Waals surface area contributed by atoms with E-state index in [-0.39, 0.29) is 22.5 Å². The molecule has 0 saturated carbocycles. The molecule has 164 valence electrons. The van der Waals surface area contributed by atoms with Crippen LogP contribution in [0.5, 0.6) is 17.2 Å². The molecule has 4 rings (SSSR count). The van der Waals surface area contributed by atoms with Gasteiger partial charge in [0.15, 0.2) is 5.43 Å². The lowest BCUT2D eigenvalue weighted by molar-refractivity contribution is -0.232. The maximum absolute atomic E-state index is 12.7. The van der Waals surface area contributed by atoms with Gasteiger partial charge in [0, 0.05) is 17.7 Å².